The first-order valence-electron chi connectivity index (χ1n) is 6.56. The largest absolute Gasteiger partial charge is 0.399 e. The molecule has 2 heterocycles. The summed E-state index contributed by atoms with van der Waals surface area (Å²) in [6.45, 7) is 0.780. The number of benzene rings is 1. The maximum atomic E-state index is 12.7. The molecule has 5 heteroatoms. The quantitative estimate of drug-likeness (QED) is 0.854. The molecule has 2 aromatic rings. The van der Waals surface area contributed by atoms with Gasteiger partial charge in [0.05, 0.1) is 16.6 Å². The summed E-state index contributed by atoms with van der Waals surface area (Å²) in [6, 6.07) is 9.35. The van der Waals surface area contributed by atoms with Gasteiger partial charge in [-0.05, 0) is 42.5 Å². The first-order valence-corrected chi connectivity index (χ1v) is 7.82. The number of hydrogen-bond acceptors (Lipinski definition) is 3. The van der Waals surface area contributed by atoms with Crippen LogP contribution in [0, 0.1) is 0 Å². The van der Waals surface area contributed by atoms with E-state index in [2.05, 4.69) is 6.07 Å². The van der Waals surface area contributed by atoms with Crippen LogP contribution in [-0.4, -0.2) is 17.4 Å². The number of anilines is 1. The minimum absolute atomic E-state index is 0.00843. The number of carbonyl (C=O) groups is 1. The van der Waals surface area contributed by atoms with Gasteiger partial charge in [0.1, 0.15) is 0 Å². The highest BCUT2D eigenvalue weighted by Gasteiger charge is 2.31. The Morgan fingerprint density at radius 2 is 2.25 bits per heavy atom. The first kappa shape index (κ1) is 13.5. The summed E-state index contributed by atoms with van der Waals surface area (Å²) in [5, 5.41) is 2.47. The van der Waals surface area contributed by atoms with Crippen LogP contribution >= 0.6 is 22.9 Å². The number of thiophene rings is 1. The van der Waals surface area contributed by atoms with Crippen LogP contribution in [0.4, 0.5) is 5.69 Å². The molecule has 104 valence electrons. The number of rotatable bonds is 2. The zero-order chi connectivity index (χ0) is 14.1. The molecular formula is C15H15ClN2OS. The van der Waals surface area contributed by atoms with Gasteiger partial charge in [-0.1, -0.05) is 17.7 Å². The molecule has 3 rings (SSSR count). The van der Waals surface area contributed by atoms with Crippen molar-refractivity contribution in [2.75, 3.05) is 12.3 Å². The normalized spacial score (nSPS) is 18.4. The molecule has 1 aromatic carbocycles. The van der Waals surface area contributed by atoms with E-state index in [1.807, 2.05) is 16.3 Å². The fraction of sp³-hybridized carbons (Fsp3) is 0.267. The van der Waals surface area contributed by atoms with E-state index in [1.165, 1.54) is 4.88 Å². The van der Waals surface area contributed by atoms with Crippen molar-refractivity contribution in [3.05, 3.63) is 51.2 Å². The van der Waals surface area contributed by atoms with Crippen molar-refractivity contribution in [1.29, 1.82) is 0 Å². The fourth-order valence-electron chi connectivity index (χ4n) is 2.65. The maximum Gasteiger partial charge on any atom is 0.255 e. The van der Waals surface area contributed by atoms with Gasteiger partial charge in [0, 0.05) is 17.1 Å². The number of likely N-dealkylation sites (tertiary alicyclic amines) is 1. The Morgan fingerprint density at radius 1 is 1.40 bits per heavy atom. The molecule has 1 saturated heterocycles. The van der Waals surface area contributed by atoms with Crippen LogP contribution in [0.2, 0.25) is 5.02 Å². The van der Waals surface area contributed by atoms with Crippen LogP contribution in [0.5, 0.6) is 0 Å². The third-order valence-electron chi connectivity index (χ3n) is 3.61. The van der Waals surface area contributed by atoms with Gasteiger partial charge < -0.3 is 10.6 Å². The lowest BCUT2D eigenvalue weighted by Crippen LogP contribution is -2.30. The van der Waals surface area contributed by atoms with Gasteiger partial charge in [-0.15, -0.1) is 11.3 Å². The minimum Gasteiger partial charge on any atom is -0.399 e. The minimum atomic E-state index is -0.00843. The van der Waals surface area contributed by atoms with Crippen LogP contribution in [0.25, 0.3) is 0 Å². The van der Waals surface area contributed by atoms with Crippen molar-refractivity contribution >= 4 is 34.5 Å². The molecule has 1 aliphatic heterocycles. The van der Waals surface area contributed by atoms with Crippen molar-refractivity contribution in [3.8, 4) is 0 Å². The lowest BCUT2D eigenvalue weighted by Gasteiger charge is -2.24. The van der Waals surface area contributed by atoms with E-state index in [9.17, 15) is 4.79 Å². The molecule has 1 fully saturated rings. The van der Waals surface area contributed by atoms with Crippen LogP contribution in [-0.2, 0) is 0 Å². The Bertz CT molecular complexity index is 627. The highest BCUT2D eigenvalue weighted by molar-refractivity contribution is 7.10. The first-order chi connectivity index (χ1) is 9.66. The average molecular weight is 307 g/mol. The maximum absolute atomic E-state index is 12.7. The van der Waals surface area contributed by atoms with Gasteiger partial charge in [-0.2, -0.15) is 0 Å². The molecule has 2 N–H and O–H groups in total. The summed E-state index contributed by atoms with van der Waals surface area (Å²) >= 11 is 7.85. The molecular weight excluding hydrogens is 292 g/mol. The Balaban J connectivity index is 1.89. The number of nitrogens with zero attached hydrogens (tertiary/aromatic N) is 1. The smallest absolute Gasteiger partial charge is 0.255 e. The molecule has 1 atom stereocenters. The van der Waals surface area contributed by atoms with Crippen molar-refractivity contribution < 1.29 is 4.79 Å². The van der Waals surface area contributed by atoms with Gasteiger partial charge in [-0.3, -0.25) is 4.79 Å². The van der Waals surface area contributed by atoms with Gasteiger partial charge >= 0.3 is 0 Å². The van der Waals surface area contributed by atoms with E-state index in [4.69, 9.17) is 17.3 Å². The average Bonchev–Trinajstić information content (AvgIpc) is 3.09. The van der Waals surface area contributed by atoms with Crippen molar-refractivity contribution in [2.45, 2.75) is 18.9 Å². The van der Waals surface area contributed by atoms with E-state index in [0.29, 0.717) is 16.3 Å². The molecule has 0 spiro atoms. The van der Waals surface area contributed by atoms with Crippen molar-refractivity contribution in [2.24, 2.45) is 0 Å². The summed E-state index contributed by atoms with van der Waals surface area (Å²) in [7, 11) is 0. The molecule has 3 nitrogen and oxygen atoms in total. The van der Waals surface area contributed by atoms with Gasteiger partial charge in [0.15, 0.2) is 0 Å². The second kappa shape index (κ2) is 5.46. The lowest BCUT2D eigenvalue weighted by atomic mass is 10.1. The number of amides is 1. The molecule has 20 heavy (non-hydrogen) atoms. The molecule has 1 unspecified atom stereocenters. The Labute approximate surface area is 127 Å². The molecule has 1 aromatic heterocycles. The SMILES string of the molecule is Nc1ccc(C(=O)N2CCCC2c2cccs2)c(Cl)c1. The third kappa shape index (κ3) is 2.41. The predicted octanol–water partition coefficient (Wildman–Crippen LogP) is 3.96. The van der Waals surface area contributed by atoms with E-state index in [0.717, 1.165) is 19.4 Å². The third-order valence-corrected chi connectivity index (χ3v) is 4.90. The summed E-state index contributed by atoms with van der Waals surface area (Å²) in [4.78, 5) is 15.8. The number of carbonyl (C=O) groups excluding carboxylic acids is 1. The Morgan fingerprint density at radius 3 is 2.95 bits per heavy atom. The zero-order valence-corrected chi connectivity index (χ0v) is 12.5. The van der Waals surface area contributed by atoms with Gasteiger partial charge in [-0.25, -0.2) is 0 Å². The van der Waals surface area contributed by atoms with Crippen molar-refractivity contribution in [3.63, 3.8) is 0 Å². The van der Waals surface area contributed by atoms with Crippen LogP contribution < -0.4 is 5.73 Å². The summed E-state index contributed by atoms with van der Waals surface area (Å²) in [5.74, 6) is -0.00843. The van der Waals surface area contributed by atoms with Gasteiger partial charge in [0.2, 0.25) is 0 Å². The Hall–Kier alpha value is -1.52. The van der Waals surface area contributed by atoms with E-state index in [1.54, 1.807) is 29.5 Å². The van der Waals surface area contributed by atoms with E-state index in [-0.39, 0.29) is 11.9 Å². The number of nitrogens with two attached hydrogens (primary N) is 1. The molecule has 0 aliphatic carbocycles. The summed E-state index contributed by atoms with van der Waals surface area (Å²) in [5.41, 5.74) is 6.78. The van der Waals surface area contributed by atoms with Gasteiger partial charge in [0.25, 0.3) is 5.91 Å². The predicted molar refractivity (Wildman–Crippen MR) is 83.2 cm³/mol. The molecule has 1 amide bonds. The lowest BCUT2D eigenvalue weighted by molar-refractivity contribution is 0.0738. The Kier molecular flexibility index (Phi) is 3.68. The molecule has 0 saturated carbocycles. The van der Waals surface area contributed by atoms with E-state index >= 15 is 0 Å². The molecule has 1 aliphatic rings. The number of halogens is 1. The second-order valence-electron chi connectivity index (χ2n) is 4.91. The van der Waals surface area contributed by atoms with Crippen LogP contribution in [0.15, 0.2) is 35.7 Å². The number of nitrogen functional groups attached to an aromatic ring is 1. The molecule has 0 radical (unpaired) electrons. The highest BCUT2D eigenvalue weighted by atomic mass is 35.5. The van der Waals surface area contributed by atoms with Crippen LogP contribution in [0.3, 0.4) is 0 Å². The summed E-state index contributed by atoms with van der Waals surface area (Å²) < 4.78 is 0. The highest BCUT2D eigenvalue weighted by Crippen LogP contribution is 2.36. The van der Waals surface area contributed by atoms with Crippen molar-refractivity contribution in [1.82, 2.24) is 4.90 Å². The number of hydrogen-bond donors (Lipinski definition) is 1. The summed E-state index contributed by atoms with van der Waals surface area (Å²) in [6.07, 6.45) is 2.04. The van der Waals surface area contributed by atoms with Crippen LogP contribution in [0.1, 0.15) is 34.1 Å². The topological polar surface area (TPSA) is 46.3 Å². The second-order valence-corrected chi connectivity index (χ2v) is 6.30. The fourth-order valence-corrected chi connectivity index (χ4v) is 3.79. The zero-order valence-electron chi connectivity index (χ0n) is 10.9. The standard InChI is InChI=1S/C15H15ClN2OS/c16-12-9-10(17)5-6-11(12)15(19)18-7-1-3-13(18)14-4-2-8-20-14/h2,4-6,8-9,13H,1,3,7,17H2. The molecule has 0 bridgehead atoms. The monoisotopic (exact) mass is 306 g/mol. The van der Waals surface area contributed by atoms with E-state index < -0.39 is 0 Å².